The van der Waals surface area contributed by atoms with Gasteiger partial charge in [0.15, 0.2) is 0 Å². The molecule has 4 atom stereocenters. The van der Waals surface area contributed by atoms with Crippen molar-refractivity contribution in [1.82, 2.24) is 15.1 Å². The second kappa shape index (κ2) is 17.9. The van der Waals surface area contributed by atoms with Crippen LogP contribution in [0.5, 0.6) is 11.5 Å². The Morgan fingerprint density at radius 3 is 2.43 bits per heavy atom. The first-order chi connectivity index (χ1) is 23.4. The van der Waals surface area contributed by atoms with Gasteiger partial charge in [-0.1, -0.05) is 26.2 Å². The Hall–Kier alpha value is -3.55. The summed E-state index contributed by atoms with van der Waals surface area (Å²) in [6.07, 6.45) is 7.14. The molecule has 1 saturated carbocycles. The van der Waals surface area contributed by atoms with Crippen LogP contribution in [-0.4, -0.2) is 100 Å². The van der Waals surface area contributed by atoms with Gasteiger partial charge in [0, 0.05) is 44.4 Å². The van der Waals surface area contributed by atoms with Crippen molar-refractivity contribution in [3.05, 3.63) is 48.0 Å². The second-order valence-electron chi connectivity index (χ2n) is 13.5. The molecule has 4 rings (SSSR count). The van der Waals surface area contributed by atoms with Crippen molar-refractivity contribution in [1.29, 1.82) is 0 Å². The predicted molar refractivity (Wildman–Crippen MR) is 189 cm³/mol. The Kier molecular flexibility index (Phi) is 14.0. The topological polar surface area (TPSA) is 147 Å². The molecule has 13 heteroatoms. The van der Waals surface area contributed by atoms with Crippen molar-refractivity contribution >= 4 is 27.6 Å². The molecule has 0 spiro atoms. The summed E-state index contributed by atoms with van der Waals surface area (Å²) in [5, 5.41) is 13.4. The van der Waals surface area contributed by atoms with Crippen molar-refractivity contribution in [2.24, 2.45) is 5.92 Å². The minimum atomic E-state index is -3.99. The number of aliphatic hydroxyl groups excluding tert-OH is 1. The number of urea groups is 1. The summed E-state index contributed by atoms with van der Waals surface area (Å²) in [6, 6.07) is 10.1. The molecule has 49 heavy (non-hydrogen) atoms. The second-order valence-corrected chi connectivity index (χ2v) is 15.1. The molecule has 12 nitrogen and oxygen atoms in total. The molecule has 2 aromatic carbocycles. The fourth-order valence-corrected chi connectivity index (χ4v) is 7.35. The summed E-state index contributed by atoms with van der Waals surface area (Å²) in [5.74, 6) is 0.222. The van der Waals surface area contributed by atoms with Crippen LogP contribution >= 0.6 is 0 Å². The van der Waals surface area contributed by atoms with Crippen molar-refractivity contribution in [3.63, 3.8) is 0 Å². The third kappa shape index (κ3) is 10.7. The number of hydrogen-bond donors (Lipinski definition) is 3. The first-order valence-electron chi connectivity index (χ1n) is 17.4. The van der Waals surface area contributed by atoms with Gasteiger partial charge in [-0.05, 0) is 88.4 Å². The lowest BCUT2D eigenvalue weighted by atomic mass is 9.96. The molecule has 1 heterocycles. The van der Waals surface area contributed by atoms with Crippen LogP contribution < -0.4 is 19.5 Å². The van der Waals surface area contributed by atoms with Gasteiger partial charge in [0.2, 0.25) is 0 Å². The monoisotopic (exact) mass is 702 g/mol. The maximum absolute atomic E-state index is 14.4. The van der Waals surface area contributed by atoms with E-state index in [2.05, 4.69) is 10.0 Å². The molecule has 1 fully saturated rings. The number of aliphatic hydroxyl groups is 1. The van der Waals surface area contributed by atoms with Gasteiger partial charge in [-0.25, -0.2) is 13.2 Å². The van der Waals surface area contributed by atoms with Crippen LogP contribution in [0.15, 0.2) is 47.4 Å². The predicted octanol–water partition coefficient (Wildman–Crippen LogP) is 5.27. The van der Waals surface area contributed by atoms with Gasteiger partial charge >= 0.3 is 6.03 Å². The number of likely N-dealkylation sites (N-methyl/N-ethyl adjacent to an activating group) is 1. The quantitative estimate of drug-likeness (QED) is 0.321. The number of rotatable bonds is 9. The third-order valence-electron chi connectivity index (χ3n) is 9.41. The minimum absolute atomic E-state index is 0.0392. The van der Waals surface area contributed by atoms with Crippen LogP contribution in [-0.2, 0) is 14.8 Å². The highest BCUT2D eigenvalue weighted by atomic mass is 32.2. The van der Waals surface area contributed by atoms with Gasteiger partial charge in [0.05, 0.1) is 42.4 Å². The maximum atomic E-state index is 14.4. The van der Waals surface area contributed by atoms with Crippen LogP contribution in [0.25, 0.3) is 0 Å². The molecule has 0 bridgehead atoms. The molecule has 1 aliphatic heterocycles. The average Bonchev–Trinajstić information content (AvgIpc) is 3.09. The minimum Gasteiger partial charge on any atom is -0.497 e. The number of anilines is 1. The average molecular weight is 703 g/mol. The smallest absolute Gasteiger partial charge is 0.317 e. The summed E-state index contributed by atoms with van der Waals surface area (Å²) in [5.41, 5.74) is 0.365. The summed E-state index contributed by atoms with van der Waals surface area (Å²) < 4.78 is 46.9. The van der Waals surface area contributed by atoms with Crippen LogP contribution in [0.4, 0.5) is 10.5 Å². The molecule has 0 aromatic heterocycles. The first kappa shape index (κ1) is 38.3. The Labute approximate surface area is 291 Å². The third-order valence-corrected chi connectivity index (χ3v) is 10.8. The van der Waals surface area contributed by atoms with Crippen LogP contribution in [0.2, 0.25) is 0 Å². The van der Waals surface area contributed by atoms with E-state index < -0.39 is 22.0 Å². The van der Waals surface area contributed by atoms with E-state index in [-0.39, 0.29) is 59.5 Å². The molecule has 2 aliphatic rings. The lowest BCUT2D eigenvalue weighted by Crippen LogP contribution is -2.50. The number of nitrogens with zero attached hydrogens (tertiary/aromatic N) is 2. The Morgan fingerprint density at radius 2 is 1.76 bits per heavy atom. The normalized spacial score (nSPS) is 22.2. The van der Waals surface area contributed by atoms with Crippen LogP contribution in [0.1, 0.15) is 82.5 Å². The highest BCUT2D eigenvalue weighted by molar-refractivity contribution is 7.92. The van der Waals surface area contributed by atoms with Gasteiger partial charge in [-0.15, -0.1) is 0 Å². The first-order valence-corrected chi connectivity index (χ1v) is 18.9. The van der Waals surface area contributed by atoms with Crippen molar-refractivity contribution in [3.8, 4) is 11.5 Å². The Morgan fingerprint density at radius 1 is 1.06 bits per heavy atom. The lowest BCUT2D eigenvalue weighted by molar-refractivity contribution is -0.0123. The van der Waals surface area contributed by atoms with Gasteiger partial charge in [-0.3, -0.25) is 9.52 Å². The van der Waals surface area contributed by atoms with Crippen LogP contribution in [0.3, 0.4) is 0 Å². The SMILES string of the molecule is COc1ccc(S(=O)(=O)Nc2ccc3c(c2)C(=O)N([C@@H](C)CO)C[C@@H](C)[C@@H](CN(C)C(=O)NC2CCCCC2)OCCCC[C@H](C)O3)cc1. The zero-order valence-electron chi connectivity index (χ0n) is 29.5. The maximum Gasteiger partial charge on any atom is 0.317 e. The summed E-state index contributed by atoms with van der Waals surface area (Å²) >= 11 is 0. The van der Waals surface area contributed by atoms with E-state index >= 15 is 0 Å². The number of methoxy groups -OCH3 is 1. The van der Waals surface area contributed by atoms with Crippen molar-refractivity contribution < 1.29 is 37.3 Å². The van der Waals surface area contributed by atoms with Crippen molar-refractivity contribution in [2.75, 3.05) is 45.2 Å². The van der Waals surface area contributed by atoms with E-state index in [1.54, 1.807) is 48.0 Å². The zero-order valence-corrected chi connectivity index (χ0v) is 30.3. The van der Waals surface area contributed by atoms with Gasteiger partial charge in [0.1, 0.15) is 11.5 Å². The van der Waals surface area contributed by atoms with Gasteiger partial charge < -0.3 is 34.4 Å². The zero-order chi connectivity index (χ0) is 35.6. The number of fused-ring (bicyclic) bond motifs is 1. The number of carbonyl (C=O) groups is 2. The molecule has 0 saturated heterocycles. The van der Waals surface area contributed by atoms with E-state index in [1.165, 1.54) is 31.7 Å². The number of nitrogens with one attached hydrogen (secondary N) is 2. The van der Waals surface area contributed by atoms with Crippen molar-refractivity contribution in [2.45, 2.75) is 101 Å². The fraction of sp³-hybridized carbons (Fsp3) is 0.611. The standard InChI is InChI=1S/C36H54N4O8S/c1-25-22-40(26(2)24-41)35(42)32-21-29(38-49(44,45)31-17-15-30(46-5)16-18-31)14-19-33(32)48-27(3)11-9-10-20-47-34(25)23-39(4)36(43)37-28-12-7-6-8-13-28/h14-19,21,25-28,34,38,41H,6-13,20,22-24H2,1-5H3,(H,37,43)/t25-,26+,27+,34-/m1/s1. The number of hydrogen-bond acceptors (Lipinski definition) is 8. The van der Waals surface area contributed by atoms with E-state index in [9.17, 15) is 23.1 Å². The number of sulfonamides is 1. The summed E-state index contributed by atoms with van der Waals surface area (Å²) in [7, 11) is -0.718. The van der Waals surface area contributed by atoms with E-state index in [0.29, 0.717) is 31.1 Å². The molecule has 0 unspecified atom stereocenters. The lowest BCUT2D eigenvalue weighted by Gasteiger charge is -2.36. The van der Waals surface area contributed by atoms with E-state index in [4.69, 9.17) is 14.2 Å². The largest absolute Gasteiger partial charge is 0.497 e. The van der Waals surface area contributed by atoms with Gasteiger partial charge in [0.25, 0.3) is 15.9 Å². The summed E-state index contributed by atoms with van der Waals surface area (Å²) in [4.78, 5) is 30.8. The molecular formula is C36H54N4O8S. The highest BCUT2D eigenvalue weighted by Crippen LogP contribution is 2.30. The molecule has 0 radical (unpaired) electrons. The number of benzene rings is 2. The molecular weight excluding hydrogens is 648 g/mol. The summed E-state index contributed by atoms with van der Waals surface area (Å²) in [6.45, 7) is 6.43. The highest BCUT2D eigenvalue weighted by Gasteiger charge is 2.31. The number of ether oxygens (including phenoxy) is 3. The Balaban J connectivity index is 1.61. The Bertz CT molecular complexity index is 1480. The van der Waals surface area contributed by atoms with E-state index in [0.717, 1.165) is 38.5 Å². The molecule has 3 amide bonds. The molecule has 3 N–H and O–H groups in total. The van der Waals surface area contributed by atoms with Crippen LogP contribution in [0, 0.1) is 5.92 Å². The molecule has 272 valence electrons. The number of carbonyl (C=O) groups excluding carboxylic acids is 2. The van der Waals surface area contributed by atoms with E-state index in [1.807, 2.05) is 13.8 Å². The molecule has 2 aromatic rings. The van der Waals surface area contributed by atoms with Gasteiger partial charge in [-0.2, -0.15) is 0 Å². The number of amides is 3. The fourth-order valence-electron chi connectivity index (χ4n) is 6.30. The molecule has 1 aliphatic carbocycles.